The number of aromatic nitrogens is 2. The van der Waals surface area contributed by atoms with Gasteiger partial charge in [0.2, 0.25) is 5.88 Å². The van der Waals surface area contributed by atoms with Gasteiger partial charge in [0.15, 0.2) is 5.03 Å². The van der Waals surface area contributed by atoms with Gasteiger partial charge in [-0.25, -0.2) is 19.1 Å². The fraction of sp³-hybridized carbons (Fsp3) is 0.320. The van der Waals surface area contributed by atoms with E-state index in [9.17, 15) is 17.6 Å². The predicted molar refractivity (Wildman–Crippen MR) is 135 cm³/mol. The zero-order chi connectivity index (χ0) is 27.0. The summed E-state index contributed by atoms with van der Waals surface area (Å²) in [5, 5.41) is -0.415. The van der Waals surface area contributed by atoms with Crippen LogP contribution in [0, 0.1) is 11.7 Å². The van der Waals surface area contributed by atoms with Crippen LogP contribution in [0.15, 0.2) is 53.6 Å². The van der Waals surface area contributed by atoms with E-state index in [-0.39, 0.29) is 29.8 Å². The fourth-order valence-electron chi connectivity index (χ4n) is 3.12. The molecule has 12 heteroatoms. The first-order chi connectivity index (χ1) is 17.6. The van der Waals surface area contributed by atoms with Crippen molar-refractivity contribution in [2.24, 2.45) is 5.92 Å². The molecule has 0 radical (unpaired) electrons. The second kappa shape index (κ2) is 12.5. The van der Waals surface area contributed by atoms with Crippen LogP contribution in [0.4, 0.5) is 10.2 Å². The lowest BCUT2D eigenvalue weighted by Gasteiger charge is -2.14. The number of methoxy groups -OCH3 is 1. The van der Waals surface area contributed by atoms with Crippen LogP contribution in [0.25, 0.3) is 11.3 Å². The van der Waals surface area contributed by atoms with Crippen LogP contribution in [-0.4, -0.2) is 51.2 Å². The van der Waals surface area contributed by atoms with Crippen LogP contribution in [0.1, 0.15) is 30.6 Å². The quantitative estimate of drug-likeness (QED) is 0.335. The molecule has 2 aromatic heterocycles. The molecule has 198 valence electrons. The highest BCUT2D eigenvalue weighted by atomic mass is 32.2. The van der Waals surface area contributed by atoms with E-state index in [0.717, 1.165) is 0 Å². The third kappa shape index (κ3) is 7.86. The SMILES string of the molecule is COCCCOc1nc(-c2cc(F)cc(OCC(C)C)c2)ccc1C(=O)NS(=O)(=O)c1cccc(N)n1. The largest absolute Gasteiger partial charge is 0.493 e. The summed E-state index contributed by atoms with van der Waals surface area (Å²) >= 11 is 0. The summed E-state index contributed by atoms with van der Waals surface area (Å²) < 4.78 is 57.9. The van der Waals surface area contributed by atoms with Gasteiger partial charge >= 0.3 is 0 Å². The Labute approximate surface area is 215 Å². The normalized spacial score (nSPS) is 11.4. The van der Waals surface area contributed by atoms with Crippen LogP contribution >= 0.6 is 0 Å². The molecule has 0 unspecified atom stereocenters. The molecule has 3 aromatic rings. The molecule has 0 fully saturated rings. The molecule has 1 amide bonds. The van der Waals surface area contributed by atoms with E-state index >= 15 is 0 Å². The number of nitrogens with one attached hydrogen (secondary N) is 1. The maximum Gasteiger partial charge on any atom is 0.281 e. The molecule has 0 aliphatic heterocycles. The number of nitrogens with two attached hydrogens (primary N) is 1. The second-order valence-electron chi connectivity index (χ2n) is 8.46. The molecular weight excluding hydrogens is 503 g/mol. The summed E-state index contributed by atoms with van der Waals surface area (Å²) in [4.78, 5) is 21.1. The van der Waals surface area contributed by atoms with Gasteiger partial charge in [-0.1, -0.05) is 19.9 Å². The topological polar surface area (TPSA) is 143 Å². The minimum absolute atomic E-state index is 0.0182. The van der Waals surface area contributed by atoms with Crippen LogP contribution < -0.4 is 19.9 Å². The van der Waals surface area contributed by atoms with Gasteiger partial charge in [-0.15, -0.1) is 0 Å². The van der Waals surface area contributed by atoms with Gasteiger partial charge in [-0.3, -0.25) is 4.79 Å². The Hall–Kier alpha value is -3.77. The lowest BCUT2D eigenvalue weighted by atomic mass is 10.1. The molecule has 10 nitrogen and oxygen atoms in total. The van der Waals surface area contributed by atoms with Crippen molar-refractivity contribution >= 4 is 21.7 Å². The van der Waals surface area contributed by atoms with Crippen LogP contribution in [0.3, 0.4) is 0 Å². The molecule has 0 spiro atoms. The predicted octanol–water partition coefficient (Wildman–Crippen LogP) is 3.43. The first kappa shape index (κ1) is 27.8. The molecule has 0 atom stereocenters. The average molecular weight is 533 g/mol. The fourth-order valence-corrected chi connectivity index (χ4v) is 4.06. The standard InChI is InChI=1S/C25H29FN4O6S/c1-16(2)15-36-19-13-17(12-18(26)14-19)21-9-8-20(25(28-21)35-11-5-10-34-3)24(31)30-37(32,33)23-7-4-6-22(27)29-23/h4,6-9,12-14,16H,5,10-11,15H2,1-3H3,(H2,27,29)(H,30,31). The van der Waals surface area contributed by atoms with Gasteiger partial charge in [0.05, 0.1) is 18.9 Å². The van der Waals surface area contributed by atoms with Crippen LogP contribution in [0.2, 0.25) is 0 Å². The zero-order valence-electron chi connectivity index (χ0n) is 20.7. The van der Waals surface area contributed by atoms with E-state index in [1.165, 1.54) is 49.6 Å². The van der Waals surface area contributed by atoms with Gasteiger partial charge in [0.1, 0.15) is 22.9 Å². The Morgan fingerprint density at radius 1 is 1.08 bits per heavy atom. The number of halogens is 1. The van der Waals surface area contributed by atoms with Crippen molar-refractivity contribution in [2.45, 2.75) is 25.3 Å². The van der Waals surface area contributed by atoms with E-state index in [2.05, 4.69) is 9.97 Å². The highest BCUT2D eigenvalue weighted by Gasteiger charge is 2.24. The number of benzene rings is 1. The highest BCUT2D eigenvalue weighted by molar-refractivity contribution is 7.90. The first-order valence-corrected chi connectivity index (χ1v) is 12.9. The van der Waals surface area contributed by atoms with Crippen molar-refractivity contribution in [1.29, 1.82) is 0 Å². The number of sulfonamides is 1. The average Bonchev–Trinajstić information content (AvgIpc) is 2.84. The van der Waals surface area contributed by atoms with Gasteiger partial charge in [-0.05, 0) is 42.3 Å². The molecule has 3 N–H and O–H groups in total. The summed E-state index contributed by atoms with van der Waals surface area (Å²) in [6.07, 6.45) is 0.488. The number of hydrogen-bond donors (Lipinski definition) is 2. The minimum Gasteiger partial charge on any atom is -0.493 e. The molecule has 0 bridgehead atoms. The van der Waals surface area contributed by atoms with Crippen molar-refractivity contribution in [3.63, 3.8) is 0 Å². The third-order valence-corrected chi connectivity index (χ3v) is 6.07. The highest BCUT2D eigenvalue weighted by Crippen LogP contribution is 2.28. The zero-order valence-corrected chi connectivity index (χ0v) is 21.5. The molecule has 0 aliphatic rings. The van der Waals surface area contributed by atoms with Crippen LogP contribution in [-0.2, 0) is 14.8 Å². The maximum atomic E-state index is 14.3. The number of hydrogen-bond acceptors (Lipinski definition) is 9. The lowest BCUT2D eigenvalue weighted by Crippen LogP contribution is -2.31. The van der Waals surface area contributed by atoms with Gasteiger partial charge in [0, 0.05) is 31.8 Å². The molecule has 37 heavy (non-hydrogen) atoms. The summed E-state index contributed by atoms with van der Waals surface area (Å²) in [5.74, 6) is -1.08. The number of ether oxygens (including phenoxy) is 3. The van der Waals surface area contributed by atoms with Crippen molar-refractivity contribution in [3.8, 4) is 22.9 Å². The monoisotopic (exact) mass is 532 g/mol. The maximum absolute atomic E-state index is 14.3. The van der Waals surface area contributed by atoms with Gasteiger partial charge < -0.3 is 19.9 Å². The molecule has 0 saturated heterocycles. The Kier molecular flexibility index (Phi) is 9.36. The number of rotatable bonds is 12. The summed E-state index contributed by atoms with van der Waals surface area (Å²) in [6.45, 7) is 4.89. The minimum atomic E-state index is -4.32. The van der Waals surface area contributed by atoms with Crippen molar-refractivity contribution < 1.29 is 31.8 Å². The molecule has 1 aromatic carbocycles. The molecular formula is C25H29FN4O6S. The Morgan fingerprint density at radius 3 is 2.57 bits per heavy atom. The van der Waals surface area contributed by atoms with E-state index in [4.69, 9.17) is 19.9 Å². The summed E-state index contributed by atoms with van der Waals surface area (Å²) in [5.41, 5.74) is 6.12. The van der Waals surface area contributed by atoms with E-state index in [0.29, 0.717) is 36.6 Å². The first-order valence-electron chi connectivity index (χ1n) is 11.5. The second-order valence-corrected chi connectivity index (χ2v) is 10.1. The summed E-state index contributed by atoms with van der Waals surface area (Å²) in [6, 6.07) is 11.0. The Morgan fingerprint density at radius 2 is 1.86 bits per heavy atom. The lowest BCUT2D eigenvalue weighted by molar-refractivity contribution is 0.0975. The number of nitrogens with zero attached hydrogens (tertiary/aromatic N) is 2. The number of anilines is 1. The number of nitrogen functional groups attached to an aromatic ring is 1. The van der Waals surface area contributed by atoms with E-state index in [1.807, 2.05) is 18.6 Å². The summed E-state index contributed by atoms with van der Waals surface area (Å²) in [7, 11) is -2.79. The molecule has 0 aliphatic carbocycles. The van der Waals surface area contributed by atoms with Crippen molar-refractivity contribution in [2.75, 3.05) is 32.7 Å². The number of pyridine rings is 2. The van der Waals surface area contributed by atoms with E-state index < -0.39 is 26.8 Å². The van der Waals surface area contributed by atoms with Crippen molar-refractivity contribution in [3.05, 3.63) is 59.9 Å². The number of amides is 1. The van der Waals surface area contributed by atoms with Crippen molar-refractivity contribution in [1.82, 2.24) is 14.7 Å². The Balaban J connectivity index is 1.93. The molecule has 0 saturated carbocycles. The van der Waals surface area contributed by atoms with Crippen LogP contribution in [0.5, 0.6) is 11.6 Å². The smallest absolute Gasteiger partial charge is 0.281 e. The molecule has 3 rings (SSSR count). The number of carbonyl (C=O) groups excluding carboxylic acids is 1. The molecule has 2 heterocycles. The van der Waals surface area contributed by atoms with E-state index in [1.54, 1.807) is 6.07 Å². The number of carbonyl (C=O) groups is 1. The third-order valence-electron chi connectivity index (χ3n) is 4.83. The van der Waals surface area contributed by atoms with Gasteiger partial charge in [0.25, 0.3) is 15.9 Å². The van der Waals surface area contributed by atoms with Gasteiger partial charge in [-0.2, -0.15) is 8.42 Å². The Bertz CT molecular complexity index is 1350.